The third kappa shape index (κ3) is 2.33. The van der Waals surface area contributed by atoms with Crippen molar-refractivity contribution in [3.8, 4) is 28.6 Å². The quantitative estimate of drug-likeness (QED) is 0.894. The molecule has 0 saturated heterocycles. The van der Waals surface area contributed by atoms with Gasteiger partial charge < -0.3 is 14.2 Å². The zero-order valence-corrected chi connectivity index (χ0v) is 11.5. The van der Waals surface area contributed by atoms with Crippen LogP contribution in [0.4, 0.5) is 0 Å². The summed E-state index contributed by atoms with van der Waals surface area (Å²) in [6, 6.07) is 3.65. The topological polar surface area (TPSA) is 69.3 Å². The van der Waals surface area contributed by atoms with Crippen molar-refractivity contribution in [1.82, 2.24) is 15.2 Å². The van der Waals surface area contributed by atoms with E-state index in [0.29, 0.717) is 23.1 Å². The molecule has 6 nitrogen and oxygen atoms in total. The number of nitrogens with zero attached hydrogens (tertiary/aromatic N) is 2. The lowest BCUT2D eigenvalue weighted by atomic mass is 10.1. The highest BCUT2D eigenvalue weighted by Gasteiger charge is 2.19. The van der Waals surface area contributed by atoms with Crippen LogP contribution >= 0.6 is 0 Å². The number of H-pyrrole nitrogens is 1. The number of aromatic nitrogens is 3. The number of aromatic amines is 1. The number of aryl methyl sites for hydroxylation is 1. The molecule has 1 aromatic heterocycles. The highest BCUT2D eigenvalue weighted by molar-refractivity contribution is 5.72. The Bertz CT molecular complexity index is 566. The van der Waals surface area contributed by atoms with Crippen molar-refractivity contribution in [2.24, 2.45) is 0 Å². The van der Waals surface area contributed by atoms with Crippen LogP contribution < -0.4 is 14.2 Å². The lowest BCUT2D eigenvalue weighted by molar-refractivity contribution is 0.325. The third-order valence-corrected chi connectivity index (χ3v) is 2.81. The molecule has 6 heteroatoms. The molecule has 0 spiro atoms. The number of methoxy groups -OCH3 is 3. The maximum absolute atomic E-state index is 5.41. The Labute approximate surface area is 111 Å². The maximum atomic E-state index is 5.41. The molecule has 1 aromatic carbocycles. The van der Waals surface area contributed by atoms with E-state index >= 15 is 0 Å². The van der Waals surface area contributed by atoms with Gasteiger partial charge in [-0.15, -0.1) is 0 Å². The fourth-order valence-electron chi connectivity index (χ4n) is 1.85. The Morgan fingerprint density at radius 2 is 1.79 bits per heavy atom. The second kappa shape index (κ2) is 5.60. The summed E-state index contributed by atoms with van der Waals surface area (Å²) in [5.74, 6) is 3.10. The number of ether oxygens (including phenoxy) is 3. The van der Waals surface area contributed by atoms with Crippen LogP contribution in [0.1, 0.15) is 12.7 Å². The van der Waals surface area contributed by atoms with Crippen LogP contribution in [0.25, 0.3) is 11.4 Å². The van der Waals surface area contributed by atoms with Gasteiger partial charge in [0.1, 0.15) is 5.82 Å². The van der Waals surface area contributed by atoms with E-state index in [-0.39, 0.29) is 0 Å². The van der Waals surface area contributed by atoms with E-state index in [4.69, 9.17) is 14.2 Å². The number of benzene rings is 1. The minimum Gasteiger partial charge on any atom is -0.493 e. The van der Waals surface area contributed by atoms with Crippen LogP contribution in [-0.4, -0.2) is 36.5 Å². The first-order valence-corrected chi connectivity index (χ1v) is 5.95. The Hall–Kier alpha value is -2.24. The van der Waals surface area contributed by atoms with Crippen molar-refractivity contribution in [3.63, 3.8) is 0 Å². The van der Waals surface area contributed by atoms with Crippen LogP contribution in [0.3, 0.4) is 0 Å². The summed E-state index contributed by atoms with van der Waals surface area (Å²) in [7, 11) is 4.73. The highest BCUT2D eigenvalue weighted by atomic mass is 16.5. The molecule has 0 aliphatic heterocycles. The van der Waals surface area contributed by atoms with Crippen molar-refractivity contribution < 1.29 is 14.2 Å². The van der Waals surface area contributed by atoms with Crippen LogP contribution in [-0.2, 0) is 6.42 Å². The Balaban J connectivity index is 2.56. The van der Waals surface area contributed by atoms with Gasteiger partial charge in [-0.05, 0) is 12.1 Å². The van der Waals surface area contributed by atoms with Gasteiger partial charge in [0.25, 0.3) is 0 Å². The van der Waals surface area contributed by atoms with Gasteiger partial charge in [-0.25, -0.2) is 4.98 Å². The third-order valence-electron chi connectivity index (χ3n) is 2.81. The second-order valence-electron chi connectivity index (χ2n) is 3.84. The van der Waals surface area contributed by atoms with Crippen LogP contribution in [0.2, 0.25) is 0 Å². The van der Waals surface area contributed by atoms with E-state index in [0.717, 1.165) is 17.8 Å². The predicted octanol–water partition coefficient (Wildman–Crippen LogP) is 2.06. The SMILES string of the molecule is CCc1nc(-c2ccc(OC)c(OC)c2OC)n[nH]1. The van der Waals surface area contributed by atoms with E-state index < -0.39 is 0 Å². The van der Waals surface area contributed by atoms with Crippen molar-refractivity contribution in [3.05, 3.63) is 18.0 Å². The monoisotopic (exact) mass is 263 g/mol. The molecule has 0 amide bonds. The summed E-state index contributed by atoms with van der Waals surface area (Å²) in [6.07, 6.45) is 0.794. The van der Waals surface area contributed by atoms with Gasteiger partial charge in [0.15, 0.2) is 17.3 Å². The van der Waals surface area contributed by atoms with E-state index in [1.807, 2.05) is 13.0 Å². The first-order valence-electron chi connectivity index (χ1n) is 5.95. The van der Waals surface area contributed by atoms with Gasteiger partial charge >= 0.3 is 0 Å². The minimum atomic E-state index is 0.533. The highest BCUT2D eigenvalue weighted by Crippen LogP contribution is 2.43. The zero-order valence-electron chi connectivity index (χ0n) is 11.5. The molecule has 102 valence electrons. The Morgan fingerprint density at radius 1 is 1.05 bits per heavy atom. The molecule has 2 aromatic rings. The molecule has 0 saturated carbocycles. The van der Waals surface area contributed by atoms with Gasteiger partial charge in [-0.3, -0.25) is 5.10 Å². The summed E-state index contributed by atoms with van der Waals surface area (Å²) < 4.78 is 16.0. The van der Waals surface area contributed by atoms with E-state index in [2.05, 4.69) is 15.2 Å². The van der Waals surface area contributed by atoms with Crippen LogP contribution in [0.15, 0.2) is 12.1 Å². The molecule has 0 aliphatic carbocycles. The van der Waals surface area contributed by atoms with Gasteiger partial charge in [-0.1, -0.05) is 6.92 Å². The van der Waals surface area contributed by atoms with Gasteiger partial charge in [0, 0.05) is 6.42 Å². The standard InChI is InChI=1S/C13H17N3O3/c1-5-10-14-13(16-15-10)8-6-7-9(17-2)12(19-4)11(8)18-3/h6-7H,5H2,1-4H3,(H,14,15,16). The normalized spacial score (nSPS) is 10.3. The number of hydrogen-bond acceptors (Lipinski definition) is 5. The smallest absolute Gasteiger partial charge is 0.204 e. The zero-order chi connectivity index (χ0) is 13.8. The Kier molecular flexibility index (Phi) is 3.89. The predicted molar refractivity (Wildman–Crippen MR) is 70.9 cm³/mol. The number of hydrogen-bond donors (Lipinski definition) is 1. The summed E-state index contributed by atoms with van der Waals surface area (Å²) >= 11 is 0. The van der Waals surface area contributed by atoms with Crippen molar-refractivity contribution in [1.29, 1.82) is 0 Å². The number of nitrogens with one attached hydrogen (secondary N) is 1. The summed E-state index contributed by atoms with van der Waals surface area (Å²) in [4.78, 5) is 4.40. The largest absolute Gasteiger partial charge is 0.493 e. The van der Waals surface area contributed by atoms with Crippen molar-refractivity contribution in [2.75, 3.05) is 21.3 Å². The Morgan fingerprint density at radius 3 is 2.32 bits per heavy atom. The summed E-state index contributed by atoms with van der Waals surface area (Å²) in [5.41, 5.74) is 0.760. The van der Waals surface area contributed by atoms with E-state index in [1.54, 1.807) is 27.4 Å². The molecule has 0 unspecified atom stereocenters. The molecule has 1 heterocycles. The fraction of sp³-hybridized carbons (Fsp3) is 0.385. The molecule has 0 bridgehead atoms. The van der Waals surface area contributed by atoms with Crippen molar-refractivity contribution in [2.45, 2.75) is 13.3 Å². The molecular weight excluding hydrogens is 246 g/mol. The lowest BCUT2D eigenvalue weighted by Crippen LogP contribution is -1.97. The molecule has 0 radical (unpaired) electrons. The lowest BCUT2D eigenvalue weighted by Gasteiger charge is -2.14. The summed E-state index contributed by atoms with van der Waals surface area (Å²) in [6.45, 7) is 2.01. The van der Waals surface area contributed by atoms with E-state index in [1.165, 1.54) is 0 Å². The van der Waals surface area contributed by atoms with Crippen molar-refractivity contribution >= 4 is 0 Å². The van der Waals surface area contributed by atoms with Crippen LogP contribution in [0, 0.1) is 0 Å². The maximum Gasteiger partial charge on any atom is 0.204 e. The van der Waals surface area contributed by atoms with Gasteiger partial charge in [0.05, 0.1) is 26.9 Å². The first-order chi connectivity index (χ1) is 9.24. The van der Waals surface area contributed by atoms with Crippen LogP contribution in [0.5, 0.6) is 17.2 Å². The molecule has 1 N–H and O–H groups in total. The molecule has 0 atom stereocenters. The van der Waals surface area contributed by atoms with Gasteiger partial charge in [0.2, 0.25) is 5.75 Å². The average molecular weight is 263 g/mol. The molecule has 2 rings (SSSR count). The second-order valence-corrected chi connectivity index (χ2v) is 3.84. The summed E-state index contributed by atoms with van der Waals surface area (Å²) in [5, 5.41) is 7.07. The van der Waals surface area contributed by atoms with Gasteiger partial charge in [-0.2, -0.15) is 5.10 Å². The molecule has 19 heavy (non-hydrogen) atoms. The molecular formula is C13H17N3O3. The van der Waals surface area contributed by atoms with E-state index in [9.17, 15) is 0 Å². The number of rotatable bonds is 5. The fourth-order valence-corrected chi connectivity index (χ4v) is 1.85. The molecule has 0 fully saturated rings. The average Bonchev–Trinajstić information content (AvgIpc) is 2.94. The minimum absolute atomic E-state index is 0.533. The first kappa shape index (κ1) is 13.2. The molecule has 0 aliphatic rings.